The van der Waals surface area contributed by atoms with Crippen molar-refractivity contribution in [2.24, 2.45) is 0 Å². The van der Waals surface area contributed by atoms with Gasteiger partial charge in [0.2, 0.25) is 0 Å². The Morgan fingerprint density at radius 1 is 1.35 bits per heavy atom. The Hall–Kier alpha value is -0.910. The Morgan fingerprint density at radius 2 is 2.00 bits per heavy atom. The summed E-state index contributed by atoms with van der Waals surface area (Å²) in [6.07, 6.45) is 0. The minimum absolute atomic E-state index is 0.193. The molecule has 6 heteroatoms. The van der Waals surface area contributed by atoms with Crippen LogP contribution in [0.4, 0.5) is 0 Å². The van der Waals surface area contributed by atoms with Gasteiger partial charge in [-0.05, 0) is 11.6 Å². The molecule has 94 valence electrons. The average Bonchev–Trinajstić information content (AvgIpc) is 2.20. The molecule has 0 spiro atoms. The summed E-state index contributed by atoms with van der Waals surface area (Å²) in [5.41, 5.74) is 0.499. The number of benzene rings is 1. The van der Waals surface area contributed by atoms with Gasteiger partial charge in [0.25, 0.3) is 0 Å². The highest BCUT2D eigenvalue weighted by Crippen LogP contribution is 2.17. The van der Waals surface area contributed by atoms with E-state index in [-0.39, 0.29) is 12.4 Å². The van der Waals surface area contributed by atoms with E-state index in [9.17, 15) is 13.2 Å². The Bertz CT molecular complexity index is 496. The van der Waals surface area contributed by atoms with Crippen LogP contribution in [0.25, 0.3) is 0 Å². The van der Waals surface area contributed by atoms with Crippen molar-refractivity contribution in [3.05, 3.63) is 34.9 Å². The molecule has 0 radical (unpaired) electrons. The van der Waals surface area contributed by atoms with Crippen molar-refractivity contribution >= 4 is 27.2 Å². The Kier molecular flexibility index (Phi) is 5.11. The smallest absolute Gasteiger partial charge is 0.173 e. The number of ether oxygens (including phenoxy) is 1. The second-order valence-electron chi connectivity index (χ2n) is 3.60. The molecule has 0 aliphatic heterocycles. The first-order chi connectivity index (χ1) is 7.94. The zero-order valence-corrected chi connectivity index (χ0v) is 10.9. The molecule has 0 saturated carbocycles. The molecule has 0 unspecified atom stereocenters. The largest absolute Gasteiger partial charge is 0.377 e. The third-order valence-electron chi connectivity index (χ3n) is 2.02. The highest BCUT2D eigenvalue weighted by Gasteiger charge is 2.18. The number of rotatable bonds is 6. The van der Waals surface area contributed by atoms with E-state index in [1.54, 1.807) is 24.3 Å². The summed E-state index contributed by atoms with van der Waals surface area (Å²) in [7, 11) is -2.15. The number of hydrogen-bond donors (Lipinski definition) is 0. The lowest BCUT2D eigenvalue weighted by Gasteiger charge is -2.05. The van der Waals surface area contributed by atoms with Gasteiger partial charge in [0.1, 0.15) is 12.4 Å². The van der Waals surface area contributed by atoms with Crippen molar-refractivity contribution in [3.8, 4) is 0 Å². The molecule has 0 atom stereocenters. The summed E-state index contributed by atoms with van der Waals surface area (Å²) >= 11 is 5.85. The molecule has 0 bridgehead atoms. The second kappa shape index (κ2) is 6.14. The van der Waals surface area contributed by atoms with Gasteiger partial charge >= 0.3 is 0 Å². The van der Waals surface area contributed by atoms with E-state index >= 15 is 0 Å². The van der Waals surface area contributed by atoms with Crippen LogP contribution in [0.1, 0.15) is 5.56 Å². The fraction of sp³-hybridized carbons (Fsp3) is 0.364. The third kappa shape index (κ3) is 4.85. The molecule has 1 rings (SSSR count). The molecule has 0 aromatic heterocycles. The minimum Gasteiger partial charge on any atom is -0.377 e. The van der Waals surface area contributed by atoms with Crippen LogP contribution in [0.2, 0.25) is 5.02 Å². The van der Waals surface area contributed by atoms with Crippen LogP contribution in [0.5, 0.6) is 0 Å². The van der Waals surface area contributed by atoms with Crippen LogP contribution in [0, 0.1) is 0 Å². The molecular weight excluding hydrogens is 264 g/mol. The van der Waals surface area contributed by atoms with E-state index in [4.69, 9.17) is 11.6 Å². The summed E-state index contributed by atoms with van der Waals surface area (Å²) in [5, 5.41) is 0.385. The average molecular weight is 277 g/mol. The van der Waals surface area contributed by atoms with Crippen LogP contribution in [-0.2, 0) is 25.1 Å². The standard InChI is InChI=1S/C11H13ClO4S/c1-16-6-10(13)8-17(14,15)7-9-4-2-3-5-11(9)12/h2-5H,6-8H2,1H3. The number of carbonyl (C=O) groups excluding carboxylic acids is 1. The molecule has 0 saturated heterocycles. The topological polar surface area (TPSA) is 60.4 Å². The number of halogens is 1. The van der Waals surface area contributed by atoms with Gasteiger partial charge in [-0.3, -0.25) is 4.79 Å². The lowest BCUT2D eigenvalue weighted by molar-refractivity contribution is -0.120. The number of carbonyl (C=O) groups is 1. The second-order valence-corrected chi connectivity index (χ2v) is 6.07. The first kappa shape index (κ1) is 14.2. The van der Waals surface area contributed by atoms with Gasteiger partial charge in [-0.1, -0.05) is 29.8 Å². The number of Topliss-reactive ketones (excluding diaryl/α,β-unsaturated/α-hetero) is 1. The predicted molar refractivity (Wildman–Crippen MR) is 65.8 cm³/mol. The molecule has 0 heterocycles. The van der Waals surface area contributed by atoms with Gasteiger partial charge in [-0.15, -0.1) is 0 Å². The molecule has 1 aromatic carbocycles. The van der Waals surface area contributed by atoms with Crippen molar-refractivity contribution in [3.63, 3.8) is 0 Å². The molecule has 0 amide bonds. The van der Waals surface area contributed by atoms with Crippen LogP contribution in [0.15, 0.2) is 24.3 Å². The van der Waals surface area contributed by atoms with Crippen LogP contribution >= 0.6 is 11.6 Å². The van der Waals surface area contributed by atoms with Gasteiger partial charge in [0.15, 0.2) is 15.6 Å². The van der Waals surface area contributed by atoms with E-state index in [2.05, 4.69) is 4.74 Å². The fourth-order valence-corrected chi connectivity index (χ4v) is 3.03. The zero-order valence-electron chi connectivity index (χ0n) is 9.35. The molecule has 0 fully saturated rings. The third-order valence-corrected chi connectivity index (χ3v) is 3.90. The maximum Gasteiger partial charge on any atom is 0.173 e. The Labute approximate surface area is 105 Å². The maximum absolute atomic E-state index is 11.7. The van der Waals surface area contributed by atoms with Gasteiger partial charge in [-0.25, -0.2) is 8.42 Å². The summed E-state index contributed by atoms with van der Waals surface area (Å²) in [6, 6.07) is 6.66. The minimum atomic E-state index is -3.49. The fourth-order valence-electron chi connectivity index (χ4n) is 1.35. The Balaban J connectivity index is 2.74. The highest BCUT2D eigenvalue weighted by atomic mass is 35.5. The number of methoxy groups -OCH3 is 1. The van der Waals surface area contributed by atoms with E-state index < -0.39 is 21.4 Å². The SMILES string of the molecule is COCC(=O)CS(=O)(=O)Cc1ccccc1Cl. The molecule has 17 heavy (non-hydrogen) atoms. The summed E-state index contributed by atoms with van der Waals surface area (Å²) < 4.78 is 28.0. The first-order valence-corrected chi connectivity index (χ1v) is 7.09. The van der Waals surface area contributed by atoms with E-state index in [0.29, 0.717) is 10.6 Å². The van der Waals surface area contributed by atoms with Gasteiger partial charge in [0, 0.05) is 12.1 Å². The quantitative estimate of drug-likeness (QED) is 0.789. The Morgan fingerprint density at radius 3 is 2.59 bits per heavy atom. The first-order valence-electron chi connectivity index (χ1n) is 4.89. The number of hydrogen-bond acceptors (Lipinski definition) is 4. The van der Waals surface area contributed by atoms with Gasteiger partial charge < -0.3 is 4.74 Å². The zero-order chi connectivity index (χ0) is 12.9. The number of ketones is 1. The molecule has 0 aliphatic rings. The van der Waals surface area contributed by atoms with E-state index in [1.807, 2.05) is 0 Å². The molecule has 0 N–H and O–H groups in total. The monoisotopic (exact) mass is 276 g/mol. The predicted octanol–water partition coefficient (Wildman–Crippen LogP) is 1.47. The molecule has 4 nitrogen and oxygen atoms in total. The van der Waals surface area contributed by atoms with Gasteiger partial charge in [0.05, 0.1) is 5.75 Å². The van der Waals surface area contributed by atoms with E-state index in [1.165, 1.54) is 7.11 Å². The van der Waals surface area contributed by atoms with Crippen molar-refractivity contribution < 1.29 is 17.9 Å². The lowest BCUT2D eigenvalue weighted by atomic mass is 10.2. The van der Waals surface area contributed by atoms with Crippen LogP contribution in [0.3, 0.4) is 0 Å². The summed E-state index contributed by atoms with van der Waals surface area (Å²) in [6.45, 7) is -0.193. The van der Waals surface area contributed by atoms with Crippen LogP contribution in [-0.4, -0.2) is 33.7 Å². The molecule has 1 aromatic rings. The highest BCUT2D eigenvalue weighted by molar-refractivity contribution is 7.91. The number of sulfone groups is 1. The molecule has 0 aliphatic carbocycles. The maximum atomic E-state index is 11.7. The normalized spacial score (nSPS) is 11.4. The summed E-state index contributed by atoms with van der Waals surface area (Å²) in [5.74, 6) is -1.21. The van der Waals surface area contributed by atoms with Gasteiger partial charge in [-0.2, -0.15) is 0 Å². The van der Waals surface area contributed by atoms with Crippen molar-refractivity contribution in [2.45, 2.75) is 5.75 Å². The van der Waals surface area contributed by atoms with Crippen molar-refractivity contribution in [1.29, 1.82) is 0 Å². The van der Waals surface area contributed by atoms with Crippen molar-refractivity contribution in [2.75, 3.05) is 19.5 Å². The lowest BCUT2D eigenvalue weighted by Crippen LogP contribution is -2.21. The van der Waals surface area contributed by atoms with E-state index in [0.717, 1.165) is 0 Å². The van der Waals surface area contributed by atoms with Crippen LogP contribution < -0.4 is 0 Å². The van der Waals surface area contributed by atoms with Crippen molar-refractivity contribution in [1.82, 2.24) is 0 Å². The molecular formula is C11H13ClO4S. The summed E-state index contributed by atoms with van der Waals surface area (Å²) in [4.78, 5) is 11.2.